The largest absolute Gasteiger partial charge is 0.368 e. The number of aryl methyl sites for hydroxylation is 1. The van der Waals surface area contributed by atoms with Gasteiger partial charge >= 0.3 is 0 Å². The number of primary amides is 1. The van der Waals surface area contributed by atoms with Crippen LogP contribution in [0.5, 0.6) is 0 Å². The lowest BCUT2D eigenvalue weighted by Gasteiger charge is -2.28. The number of rotatable bonds is 6. The van der Waals surface area contributed by atoms with Crippen LogP contribution in [0.2, 0.25) is 0 Å². The van der Waals surface area contributed by atoms with Gasteiger partial charge in [-0.15, -0.1) is 0 Å². The summed E-state index contributed by atoms with van der Waals surface area (Å²) in [5.41, 5.74) is 7.38. The van der Waals surface area contributed by atoms with Crippen molar-refractivity contribution in [3.05, 3.63) is 35.4 Å². The first kappa shape index (κ1) is 18.2. The van der Waals surface area contributed by atoms with E-state index >= 15 is 0 Å². The fourth-order valence-corrected chi connectivity index (χ4v) is 2.27. The highest BCUT2D eigenvalue weighted by molar-refractivity contribution is 5.87. The molecule has 1 rings (SSSR count). The van der Waals surface area contributed by atoms with Crippen molar-refractivity contribution in [3.8, 4) is 0 Å². The van der Waals surface area contributed by atoms with E-state index in [9.17, 15) is 9.59 Å². The number of hydrogen-bond acceptors (Lipinski definition) is 2. The first-order valence-electron chi connectivity index (χ1n) is 7.78. The summed E-state index contributed by atoms with van der Waals surface area (Å²) in [5, 5.41) is 2.74. The van der Waals surface area contributed by atoms with Gasteiger partial charge in [-0.05, 0) is 28.9 Å². The number of benzene rings is 1. The maximum Gasteiger partial charge on any atom is 0.240 e. The van der Waals surface area contributed by atoms with Crippen LogP contribution in [0, 0.1) is 5.41 Å². The van der Waals surface area contributed by atoms with Crippen LogP contribution in [0.15, 0.2) is 24.3 Å². The van der Waals surface area contributed by atoms with Gasteiger partial charge in [-0.2, -0.15) is 0 Å². The Bertz CT molecular complexity index is 513. The topological polar surface area (TPSA) is 72.2 Å². The Labute approximate surface area is 133 Å². The molecule has 3 N–H and O–H groups in total. The Kier molecular flexibility index (Phi) is 6.15. The van der Waals surface area contributed by atoms with Crippen LogP contribution in [0.4, 0.5) is 0 Å². The molecule has 0 unspecified atom stereocenters. The van der Waals surface area contributed by atoms with Gasteiger partial charge in [0.1, 0.15) is 6.04 Å². The summed E-state index contributed by atoms with van der Waals surface area (Å²) in [6, 6.07) is 7.65. The summed E-state index contributed by atoms with van der Waals surface area (Å²) >= 11 is 0. The molecule has 0 fully saturated rings. The highest BCUT2D eigenvalue weighted by Gasteiger charge is 2.30. The molecule has 22 heavy (non-hydrogen) atoms. The predicted molar refractivity (Wildman–Crippen MR) is 89.4 cm³/mol. The molecule has 0 radical (unpaired) electrons. The van der Waals surface area contributed by atoms with Crippen LogP contribution >= 0.6 is 0 Å². The lowest BCUT2D eigenvalue weighted by Crippen LogP contribution is -2.52. The molecule has 4 heteroatoms. The predicted octanol–water partition coefficient (Wildman–Crippen LogP) is 2.76. The van der Waals surface area contributed by atoms with E-state index in [2.05, 4.69) is 43.4 Å². The Morgan fingerprint density at radius 3 is 2.09 bits per heavy atom. The average molecular weight is 304 g/mol. The van der Waals surface area contributed by atoms with Crippen molar-refractivity contribution in [1.29, 1.82) is 0 Å². The number of hydrogen-bond donors (Lipinski definition) is 2. The van der Waals surface area contributed by atoms with Gasteiger partial charge in [0.2, 0.25) is 11.8 Å². The Morgan fingerprint density at radius 1 is 1.14 bits per heavy atom. The van der Waals surface area contributed by atoms with Crippen molar-refractivity contribution in [2.24, 2.45) is 11.1 Å². The molecule has 2 amide bonds. The highest BCUT2D eigenvalue weighted by Crippen LogP contribution is 2.19. The SMILES string of the molecule is CC(C)c1ccc(CCC(=O)N[C@H](C(N)=O)C(C)(C)C)cc1. The van der Waals surface area contributed by atoms with Crippen LogP contribution in [-0.4, -0.2) is 17.9 Å². The monoisotopic (exact) mass is 304 g/mol. The van der Waals surface area contributed by atoms with E-state index < -0.39 is 11.9 Å². The molecule has 4 nitrogen and oxygen atoms in total. The normalized spacial score (nSPS) is 13.0. The molecule has 1 aromatic carbocycles. The van der Waals surface area contributed by atoms with Crippen LogP contribution in [-0.2, 0) is 16.0 Å². The van der Waals surface area contributed by atoms with Gasteiger partial charge in [0, 0.05) is 6.42 Å². The summed E-state index contributed by atoms with van der Waals surface area (Å²) in [5.74, 6) is -0.144. The van der Waals surface area contributed by atoms with Gasteiger partial charge in [-0.3, -0.25) is 9.59 Å². The molecule has 1 aromatic rings. The zero-order valence-corrected chi connectivity index (χ0v) is 14.3. The zero-order valence-electron chi connectivity index (χ0n) is 14.3. The highest BCUT2D eigenvalue weighted by atomic mass is 16.2. The zero-order chi connectivity index (χ0) is 16.9. The van der Waals surface area contributed by atoms with Crippen LogP contribution in [0.25, 0.3) is 0 Å². The van der Waals surface area contributed by atoms with E-state index in [0.29, 0.717) is 18.8 Å². The average Bonchev–Trinajstić information content (AvgIpc) is 2.41. The minimum absolute atomic E-state index is 0.147. The lowest BCUT2D eigenvalue weighted by molar-refractivity contribution is -0.129. The molecular weight excluding hydrogens is 276 g/mol. The molecule has 0 bridgehead atoms. The quantitative estimate of drug-likeness (QED) is 0.848. The molecule has 0 aliphatic heterocycles. The molecule has 0 aromatic heterocycles. The summed E-state index contributed by atoms with van der Waals surface area (Å²) < 4.78 is 0. The lowest BCUT2D eigenvalue weighted by atomic mass is 9.86. The number of carbonyl (C=O) groups is 2. The molecular formula is C18H28N2O2. The number of nitrogens with one attached hydrogen (secondary N) is 1. The third-order valence-corrected chi connectivity index (χ3v) is 3.74. The van der Waals surface area contributed by atoms with E-state index in [-0.39, 0.29) is 11.3 Å². The Hall–Kier alpha value is -1.84. The van der Waals surface area contributed by atoms with Gasteiger partial charge in [0.15, 0.2) is 0 Å². The van der Waals surface area contributed by atoms with Gasteiger partial charge in [-0.25, -0.2) is 0 Å². The van der Waals surface area contributed by atoms with E-state index in [0.717, 1.165) is 5.56 Å². The first-order valence-corrected chi connectivity index (χ1v) is 7.78. The molecule has 0 aliphatic carbocycles. The Balaban J connectivity index is 2.57. The van der Waals surface area contributed by atoms with Crippen LogP contribution in [0.3, 0.4) is 0 Å². The van der Waals surface area contributed by atoms with Gasteiger partial charge in [-0.1, -0.05) is 58.9 Å². The van der Waals surface area contributed by atoms with Crippen molar-refractivity contribution in [3.63, 3.8) is 0 Å². The second-order valence-corrected chi connectivity index (χ2v) is 7.17. The first-order chi connectivity index (χ1) is 10.1. The van der Waals surface area contributed by atoms with Gasteiger partial charge < -0.3 is 11.1 Å². The fourth-order valence-electron chi connectivity index (χ4n) is 2.27. The second kappa shape index (κ2) is 7.43. The van der Waals surface area contributed by atoms with E-state index in [1.165, 1.54) is 5.56 Å². The minimum atomic E-state index is -0.650. The van der Waals surface area contributed by atoms with E-state index in [4.69, 9.17) is 5.73 Å². The molecule has 1 atom stereocenters. The van der Waals surface area contributed by atoms with Gasteiger partial charge in [0.25, 0.3) is 0 Å². The third kappa shape index (κ3) is 5.51. The van der Waals surface area contributed by atoms with Gasteiger partial charge in [0.05, 0.1) is 0 Å². The van der Waals surface area contributed by atoms with Crippen molar-refractivity contribution in [2.75, 3.05) is 0 Å². The summed E-state index contributed by atoms with van der Waals surface area (Å²) in [7, 11) is 0. The Morgan fingerprint density at radius 2 is 1.68 bits per heavy atom. The smallest absolute Gasteiger partial charge is 0.240 e. The van der Waals surface area contributed by atoms with E-state index in [1.54, 1.807) is 0 Å². The fraction of sp³-hybridized carbons (Fsp3) is 0.556. The maximum atomic E-state index is 12.0. The molecule has 0 saturated carbocycles. The number of amides is 2. The maximum absolute atomic E-state index is 12.0. The summed E-state index contributed by atoms with van der Waals surface area (Å²) in [6.45, 7) is 9.95. The van der Waals surface area contributed by atoms with E-state index in [1.807, 2.05) is 20.8 Å². The molecule has 122 valence electrons. The van der Waals surface area contributed by atoms with Crippen molar-refractivity contribution < 1.29 is 9.59 Å². The van der Waals surface area contributed by atoms with Crippen molar-refractivity contribution >= 4 is 11.8 Å². The minimum Gasteiger partial charge on any atom is -0.368 e. The summed E-state index contributed by atoms with van der Waals surface area (Å²) in [6.07, 6.45) is 1.00. The van der Waals surface area contributed by atoms with Crippen LogP contribution in [0.1, 0.15) is 58.1 Å². The molecule has 0 aliphatic rings. The molecule has 0 heterocycles. The molecule has 0 spiro atoms. The second-order valence-electron chi connectivity index (χ2n) is 7.17. The molecule has 0 saturated heterocycles. The van der Waals surface area contributed by atoms with Crippen molar-refractivity contribution in [1.82, 2.24) is 5.32 Å². The van der Waals surface area contributed by atoms with Crippen molar-refractivity contribution in [2.45, 2.75) is 59.4 Å². The van der Waals surface area contributed by atoms with Crippen LogP contribution < -0.4 is 11.1 Å². The summed E-state index contributed by atoms with van der Waals surface area (Å²) in [4.78, 5) is 23.5. The number of nitrogens with two attached hydrogens (primary N) is 1. The number of carbonyl (C=O) groups excluding carboxylic acids is 2. The third-order valence-electron chi connectivity index (χ3n) is 3.74. The standard InChI is InChI=1S/C18H28N2O2/c1-12(2)14-9-6-13(7-10-14)8-11-15(21)20-16(17(19)22)18(3,4)5/h6-7,9-10,12,16H,8,11H2,1-5H3,(H2,19,22)(H,20,21)/t16-/m1/s1.